The van der Waals surface area contributed by atoms with Gasteiger partial charge in [-0.15, -0.1) is 0 Å². The third-order valence-corrected chi connectivity index (χ3v) is 1.85. The molecule has 1 rings (SSSR count). The molecule has 0 atom stereocenters. The Morgan fingerprint density at radius 3 is 2.56 bits per heavy atom. The number of ether oxygens (including phenoxy) is 1. The van der Waals surface area contributed by atoms with Gasteiger partial charge in [0.25, 0.3) is 0 Å². The number of nitrogens with two attached hydrogens (primary N) is 1. The number of alkyl halides is 3. The normalized spacial score (nSPS) is 10.6. The lowest BCUT2D eigenvalue weighted by molar-refractivity contribution is -0.137. The molecule has 0 aliphatic heterocycles. The summed E-state index contributed by atoms with van der Waals surface area (Å²) in [6, 6.07) is 3.15. The standard InChI is InChI=1S/C11H10F3NO/c1-16-10-7-9(11(12,13)14)5-4-8(10)3-2-6-15/h4-5,7H,6,15H2,1H3. The molecule has 0 bridgehead atoms. The van der Waals surface area contributed by atoms with Crippen molar-refractivity contribution in [2.24, 2.45) is 5.73 Å². The van der Waals surface area contributed by atoms with Gasteiger partial charge in [-0.3, -0.25) is 0 Å². The van der Waals surface area contributed by atoms with Crippen molar-refractivity contribution in [1.29, 1.82) is 0 Å². The third kappa shape index (κ3) is 2.91. The molecule has 0 fully saturated rings. The molecule has 0 aliphatic carbocycles. The van der Waals surface area contributed by atoms with Crippen LogP contribution in [0.5, 0.6) is 5.75 Å². The summed E-state index contributed by atoms with van der Waals surface area (Å²) in [5, 5.41) is 0. The van der Waals surface area contributed by atoms with Crippen molar-refractivity contribution < 1.29 is 17.9 Å². The summed E-state index contributed by atoms with van der Waals surface area (Å²) in [6.07, 6.45) is -4.38. The molecule has 0 radical (unpaired) electrons. The molecule has 0 unspecified atom stereocenters. The van der Waals surface area contributed by atoms with E-state index < -0.39 is 11.7 Å². The molecule has 0 saturated heterocycles. The van der Waals surface area contributed by atoms with Crippen LogP contribution in [0.1, 0.15) is 11.1 Å². The first kappa shape index (κ1) is 12.4. The van der Waals surface area contributed by atoms with E-state index in [1.54, 1.807) is 0 Å². The molecule has 2 N–H and O–H groups in total. The van der Waals surface area contributed by atoms with Crippen LogP contribution in [0.4, 0.5) is 13.2 Å². The monoisotopic (exact) mass is 229 g/mol. The molecular weight excluding hydrogens is 219 g/mol. The maximum atomic E-state index is 12.4. The van der Waals surface area contributed by atoms with Crippen LogP contribution in [0.3, 0.4) is 0 Å². The van der Waals surface area contributed by atoms with Crippen LogP contribution >= 0.6 is 0 Å². The number of rotatable bonds is 1. The fourth-order valence-corrected chi connectivity index (χ4v) is 1.12. The molecule has 1 aromatic rings. The summed E-state index contributed by atoms with van der Waals surface area (Å²) < 4.78 is 42.0. The van der Waals surface area contributed by atoms with Crippen molar-refractivity contribution in [3.8, 4) is 17.6 Å². The Bertz CT molecular complexity index is 429. The molecule has 5 heteroatoms. The fraction of sp³-hybridized carbons (Fsp3) is 0.273. The molecule has 0 heterocycles. The molecular formula is C11H10F3NO. The molecule has 0 amide bonds. The zero-order valence-corrected chi connectivity index (χ0v) is 8.56. The predicted molar refractivity (Wildman–Crippen MR) is 53.9 cm³/mol. The maximum Gasteiger partial charge on any atom is 0.416 e. The van der Waals surface area contributed by atoms with Gasteiger partial charge in [0.1, 0.15) is 5.75 Å². The first-order valence-electron chi connectivity index (χ1n) is 4.43. The average Bonchev–Trinajstić information content (AvgIpc) is 2.24. The molecule has 2 nitrogen and oxygen atoms in total. The molecule has 0 spiro atoms. The molecule has 0 saturated carbocycles. The minimum atomic E-state index is -4.38. The number of methoxy groups -OCH3 is 1. The topological polar surface area (TPSA) is 35.2 Å². The van der Waals surface area contributed by atoms with Crippen LogP contribution in [0.15, 0.2) is 18.2 Å². The van der Waals surface area contributed by atoms with Gasteiger partial charge in [0.2, 0.25) is 0 Å². The van der Waals surface area contributed by atoms with Crippen LogP contribution < -0.4 is 10.5 Å². The lowest BCUT2D eigenvalue weighted by Gasteiger charge is -2.09. The van der Waals surface area contributed by atoms with Crippen molar-refractivity contribution in [1.82, 2.24) is 0 Å². The van der Waals surface area contributed by atoms with Gasteiger partial charge in [0.15, 0.2) is 0 Å². The van der Waals surface area contributed by atoms with Crippen LogP contribution in [-0.2, 0) is 6.18 Å². The van der Waals surface area contributed by atoms with Gasteiger partial charge in [-0.25, -0.2) is 0 Å². The van der Waals surface area contributed by atoms with Crippen molar-refractivity contribution >= 4 is 0 Å². The SMILES string of the molecule is COc1cc(C(F)(F)F)ccc1C#CCN. The first-order valence-corrected chi connectivity index (χ1v) is 4.43. The third-order valence-electron chi connectivity index (χ3n) is 1.85. The van der Waals surface area contributed by atoms with Gasteiger partial charge >= 0.3 is 6.18 Å². The summed E-state index contributed by atoms with van der Waals surface area (Å²) >= 11 is 0. The molecule has 16 heavy (non-hydrogen) atoms. The first-order chi connectivity index (χ1) is 7.49. The molecule has 0 aromatic heterocycles. The summed E-state index contributed by atoms with van der Waals surface area (Å²) in [7, 11) is 1.29. The lowest BCUT2D eigenvalue weighted by Crippen LogP contribution is -2.05. The maximum absolute atomic E-state index is 12.4. The van der Waals surface area contributed by atoms with E-state index in [1.165, 1.54) is 13.2 Å². The van der Waals surface area contributed by atoms with E-state index in [0.717, 1.165) is 12.1 Å². The highest BCUT2D eigenvalue weighted by atomic mass is 19.4. The van der Waals surface area contributed by atoms with E-state index in [2.05, 4.69) is 11.8 Å². The van der Waals surface area contributed by atoms with Gasteiger partial charge in [-0.1, -0.05) is 11.8 Å². The van der Waals surface area contributed by atoms with E-state index in [-0.39, 0.29) is 12.3 Å². The molecule has 0 aliphatic rings. The zero-order chi connectivity index (χ0) is 12.2. The predicted octanol–water partition coefficient (Wildman–Crippen LogP) is 2.02. The number of hydrogen-bond acceptors (Lipinski definition) is 2. The van der Waals surface area contributed by atoms with Gasteiger partial charge in [0.05, 0.1) is 24.8 Å². The average molecular weight is 229 g/mol. The molecule has 1 aromatic carbocycles. The summed E-state index contributed by atoms with van der Waals surface area (Å²) in [5.74, 6) is 5.28. The smallest absolute Gasteiger partial charge is 0.416 e. The van der Waals surface area contributed by atoms with E-state index in [1.807, 2.05) is 0 Å². The van der Waals surface area contributed by atoms with E-state index >= 15 is 0 Å². The van der Waals surface area contributed by atoms with E-state index in [9.17, 15) is 13.2 Å². The van der Waals surface area contributed by atoms with Gasteiger partial charge in [0, 0.05) is 0 Å². The van der Waals surface area contributed by atoms with Crippen molar-refractivity contribution in [3.63, 3.8) is 0 Å². The minimum absolute atomic E-state index is 0.0933. The highest BCUT2D eigenvalue weighted by Crippen LogP contribution is 2.32. The Labute approximate surface area is 91.2 Å². The number of hydrogen-bond donors (Lipinski definition) is 1. The van der Waals surface area contributed by atoms with Crippen molar-refractivity contribution in [2.45, 2.75) is 6.18 Å². The summed E-state index contributed by atoms with van der Waals surface area (Å²) in [6.45, 7) is 0.143. The van der Waals surface area contributed by atoms with Crippen LogP contribution in [0.2, 0.25) is 0 Å². The quantitative estimate of drug-likeness (QED) is 0.748. The largest absolute Gasteiger partial charge is 0.495 e. The Hall–Kier alpha value is -1.67. The second kappa shape index (κ2) is 4.90. The number of benzene rings is 1. The van der Waals surface area contributed by atoms with Gasteiger partial charge in [-0.05, 0) is 18.2 Å². The Morgan fingerprint density at radius 2 is 2.06 bits per heavy atom. The Kier molecular flexibility index (Phi) is 3.80. The highest BCUT2D eigenvalue weighted by Gasteiger charge is 2.31. The van der Waals surface area contributed by atoms with Crippen molar-refractivity contribution in [2.75, 3.05) is 13.7 Å². The van der Waals surface area contributed by atoms with Crippen molar-refractivity contribution in [3.05, 3.63) is 29.3 Å². The van der Waals surface area contributed by atoms with E-state index in [0.29, 0.717) is 5.56 Å². The Balaban J connectivity index is 3.17. The number of halogens is 3. The van der Waals surface area contributed by atoms with Crippen LogP contribution in [-0.4, -0.2) is 13.7 Å². The second-order valence-corrected chi connectivity index (χ2v) is 2.92. The van der Waals surface area contributed by atoms with Crippen LogP contribution in [0, 0.1) is 11.8 Å². The second-order valence-electron chi connectivity index (χ2n) is 2.92. The minimum Gasteiger partial charge on any atom is -0.495 e. The Morgan fingerprint density at radius 1 is 1.38 bits per heavy atom. The summed E-state index contributed by atoms with van der Waals surface area (Å²) in [5.41, 5.74) is 4.80. The zero-order valence-electron chi connectivity index (χ0n) is 8.56. The molecule has 86 valence electrons. The summed E-state index contributed by atoms with van der Waals surface area (Å²) in [4.78, 5) is 0. The van der Waals surface area contributed by atoms with Gasteiger partial charge < -0.3 is 10.5 Å². The van der Waals surface area contributed by atoms with Crippen LogP contribution in [0.25, 0.3) is 0 Å². The van der Waals surface area contributed by atoms with E-state index in [4.69, 9.17) is 10.5 Å². The highest BCUT2D eigenvalue weighted by molar-refractivity contribution is 5.48. The lowest BCUT2D eigenvalue weighted by atomic mass is 10.1. The van der Waals surface area contributed by atoms with Gasteiger partial charge in [-0.2, -0.15) is 13.2 Å². The fourth-order valence-electron chi connectivity index (χ4n) is 1.12.